The van der Waals surface area contributed by atoms with Crippen LogP contribution >= 0.6 is 0 Å². The van der Waals surface area contributed by atoms with Crippen LogP contribution in [0, 0.1) is 0 Å². The van der Waals surface area contributed by atoms with Gasteiger partial charge in [-0.1, -0.05) is 0 Å². The Kier molecular flexibility index (Phi) is 6.10. The maximum absolute atomic E-state index is 10.3. The zero-order valence-corrected chi connectivity index (χ0v) is 7.73. The van der Waals surface area contributed by atoms with E-state index in [0.717, 1.165) is 0 Å². The van der Waals surface area contributed by atoms with Gasteiger partial charge in [-0.2, -0.15) is 0 Å². The van der Waals surface area contributed by atoms with Crippen LogP contribution in [0.15, 0.2) is 0 Å². The van der Waals surface area contributed by atoms with Gasteiger partial charge in [0.25, 0.3) is 0 Å². The minimum Gasteiger partial charge on any atom is -0.481 e. The molecule has 84 valence electrons. The van der Waals surface area contributed by atoms with Crippen molar-refractivity contribution in [1.29, 1.82) is 0 Å². The summed E-state index contributed by atoms with van der Waals surface area (Å²) in [6.45, 7) is 0. The normalized spacial score (nSPS) is 10.1. The molecule has 8 heteroatoms. The molecule has 4 N–H and O–H groups in total. The van der Waals surface area contributed by atoms with E-state index in [1.165, 1.54) is 0 Å². The Morgan fingerprint density at radius 2 is 1.21 bits per heavy atom. The molecule has 0 heterocycles. The molecule has 14 heavy (non-hydrogen) atoms. The maximum Gasteiger partial charge on any atom is 0.336 e. The van der Waals surface area contributed by atoms with E-state index in [1.54, 1.807) is 0 Å². The molecule has 0 aromatic rings. The number of carboxylic acid groups (broad SMARTS) is 3. The summed E-state index contributed by atoms with van der Waals surface area (Å²) < 4.78 is 0. The van der Waals surface area contributed by atoms with Crippen LogP contribution in [0.2, 0.25) is 0 Å². The standard InChI is InChI=1S/C6H8O7.Ni/c7-3(8)1-6(13,5(11)12)2-4(9)10;/h13H,1-2H2,(H,7,8)(H,9,10)(H,11,12);. The first-order chi connectivity index (χ1) is 5.78. The van der Waals surface area contributed by atoms with Gasteiger partial charge in [0.15, 0.2) is 5.60 Å². The smallest absolute Gasteiger partial charge is 0.336 e. The van der Waals surface area contributed by atoms with E-state index >= 15 is 0 Å². The Balaban J connectivity index is 0. The van der Waals surface area contributed by atoms with Gasteiger partial charge in [0.2, 0.25) is 0 Å². The molecule has 0 unspecified atom stereocenters. The Morgan fingerprint density at radius 3 is 1.36 bits per heavy atom. The topological polar surface area (TPSA) is 132 Å². The minimum atomic E-state index is -2.74. The molecule has 0 radical (unpaired) electrons. The van der Waals surface area contributed by atoms with Gasteiger partial charge in [0.1, 0.15) is 0 Å². The summed E-state index contributed by atoms with van der Waals surface area (Å²) in [5.41, 5.74) is -2.74. The molecule has 0 bridgehead atoms. The zero-order chi connectivity index (χ0) is 10.6. The summed E-state index contributed by atoms with van der Waals surface area (Å²) in [6, 6.07) is 0. The Morgan fingerprint density at radius 1 is 0.929 bits per heavy atom. The fraction of sp³-hybridized carbons (Fsp3) is 0.500. The van der Waals surface area contributed by atoms with Gasteiger partial charge in [-0.25, -0.2) is 4.79 Å². The number of hydrogen-bond acceptors (Lipinski definition) is 4. The van der Waals surface area contributed by atoms with Crippen molar-refractivity contribution in [3.63, 3.8) is 0 Å². The van der Waals surface area contributed by atoms with Crippen LogP contribution < -0.4 is 0 Å². The molecular weight excluding hydrogens is 243 g/mol. The molecular formula is C6H8NiO7. The van der Waals surface area contributed by atoms with Crippen molar-refractivity contribution < 1.29 is 51.3 Å². The summed E-state index contributed by atoms with van der Waals surface area (Å²) in [4.78, 5) is 30.5. The van der Waals surface area contributed by atoms with Gasteiger partial charge >= 0.3 is 17.9 Å². The van der Waals surface area contributed by atoms with Crippen molar-refractivity contribution in [2.45, 2.75) is 18.4 Å². The van der Waals surface area contributed by atoms with E-state index in [9.17, 15) is 14.4 Å². The van der Waals surface area contributed by atoms with Crippen LogP contribution in [-0.4, -0.2) is 43.9 Å². The minimum absolute atomic E-state index is 0. The summed E-state index contributed by atoms with van der Waals surface area (Å²) in [7, 11) is 0. The van der Waals surface area contributed by atoms with E-state index in [2.05, 4.69) is 0 Å². The second kappa shape index (κ2) is 5.56. The molecule has 0 fully saturated rings. The predicted octanol–water partition coefficient (Wildman–Crippen LogP) is -1.25. The third kappa shape index (κ3) is 4.78. The average Bonchev–Trinajstić information content (AvgIpc) is 1.82. The first kappa shape index (κ1) is 15.3. The number of aliphatic hydroxyl groups is 1. The fourth-order valence-electron chi connectivity index (χ4n) is 0.714. The van der Waals surface area contributed by atoms with Gasteiger partial charge < -0.3 is 20.4 Å². The first-order valence-electron chi connectivity index (χ1n) is 3.17. The molecule has 0 aliphatic carbocycles. The first-order valence-corrected chi connectivity index (χ1v) is 3.17. The van der Waals surface area contributed by atoms with Crippen LogP contribution in [-0.2, 0) is 30.9 Å². The van der Waals surface area contributed by atoms with E-state index in [-0.39, 0.29) is 16.5 Å². The van der Waals surface area contributed by atoms with Gasteiger partial charge in [-0.05, 0) is 0 Å². The molecule has 0 aliphatic rings. The summed E-state index contributed by atoms with van der Waals surface area (Å²) in [5.74, 6) is -5.02. The predicted molar refractivity (Wildman–Crippen MR) is 37.1 cm³/mol. The van der Waals surface area contributed by atoms with Gasteiger partial charge in [-0.15, -0.1) is 0 Å². The molecule has 0 aromatic carbocycles. The van der Waals surface area contributed by atoms with Crippen molar-refractivity contribution >= 4 is 17.9 Å². The molecule has 0 saturated carbocycles. The van der Waals surface area contributed by atoms with E-state index < -0.39 is 36.4 Å². The second-order valence-corrected chi connectivity index (χ2v) is 2.48. The van der Waals surface area contributed by atoms with Crippen LogP contribution in [0.1, 0.15) is 12.8 Å². The number of carboxylic acids is 3. The summed E-state index contributed by atoms with van der Waals surface area (Å²) in [5, 5.41) is 33.8. The van der Waals surface area contributed by atoms with E-state index in [0.29, 0.717) is 0 Å². The molecule has 0 spiro atoms. The maximum atomic E-state index is 10.3. The SMILES string of the molecule is O=C(O)CC(O)(CC(=O)O)C(=O)O.[Ni]. The van der Waals surface area contributed by atoms with Gasteiger partial charge in [0.05, 0.1) is 12.8 Å². The molecule has 7 nitrogen and oxygen atoms in total. The van der Waals surface area contributed by atoms with Crippen LogP contribution in [0.5, 0.6) is 0 Å². The van der Waals surface area contributed by atoms with Crippen molar-refractivity contribution in [3.05, 3.63) is 0 Å². The van der Waals surface area contributed by atoms with Crippen molar-refractivity contribution in [2.24, 2.45) is 0 Å². The van der Waals surface area contributed by atoms with E-state index in [4.69, 9.17) is 20.4 Å². The third-order valence-corrected chi connectivity index (χ3v) is 1.29. The molecule has 0 saturated heterocycles. The van der Waals surface area contributed by atoms with E-state index in [1.807, 2.05) is 0 Å². The number of hydrogen-bond donors (Lipinski definition) is 4. The van der Waals surface area contributed by atoms with Crippen molar-refractivity contribution in [1.82, 2.24) is 0 Å². The van der Waals surface area contributed by atoms with Gasteiger partial charge in [0, 0.05) is 16.5 Å². The monoisotopic (exact) mass is 250 g/mol. The average molecular weight is 251 g/mol. The molecule has 0 amide bonds. The molecule has 0 aromatic heterocycles. The Labute approximate surface area is 88.3 Å². The summed E-state index contributed by atoms with van der Waals surface area (Å²) in [6.07, 6.45) is -2.29. The van der Waals surface area contributed by atoms with Crippen molar-refractivity contribution in [2.75, 3.05) is 0 Å². The van der Waals surface area contributed by atoms with Crippen molar-refractivity contribution in [3.8, 4) is 0 Å². The third-order valence-electron chi connectivity index (χ3n) is 1.29. The zero-order valence-electron chi connectivity index (χ0n) is 6.74. The molecule has 0 atom stereocenters. The fourth-order valence-corrected chi connectivity index (χ4v) is 0.714. The van der Waals surface area contributed by atoms with Crippen LogP contribution in [0.3, 0.4) is 0 Å². The Hall–Kier alpha value is -1.14. The number of rotatable bonds is 5. The van der Waals surface area contributed by atoms with Crippen LogP contribution in [0.4, 0.5) is 0 Å². The molecule has 0 rings (SSSR count). The summed E-state index contributed by atoms with van der Waals surface area (Å²) >= 11 is 0. The largest absolute Gasteiger partial charge is 0.481 e. The number of aliphatic carboxylic acids is 3. The number of carbonyl (C=O) groups is 3. The quantitative estimate of drug-likeness (QED) is 0.448. The Bertz CT molecular complexity index is 233. The molecule has 0 aliphatic heterocycles. The second-order valence-electron chi connectivity index (χ2n) is 2.48. The van der Waals surface area contributed by atoms with Crippen LogP contribution in [0.25, 0.3) is 0 Å². The van der Waals surface area contributed by atoms with Gasteiger partial charge in [-0.3, -0.25) is 9.59 Å².